The molecule has 0 saturated carbocycles. The van der Waals surface area contributed by atoms with Gasteiger partial charge < -0.3 is 10.1 Å². The molecule has 0 aromatic heterocycles. The van der Waals surface area contributed by atoms with Crippen LogP contribution in [0.1, 0.15) is 60.0 Å². The summed E-state index contributed by atoms with van der Waals surface area (Å²) in [4.78, 5) is 25.0. The predicted octanol–water partition coefficient (Wildman–Crippen LogP) is 3.88. The zero-order valence-corrected chi connectivity index (χ0v) is 19.2. The molecule has 8 heteroatoms. The Kier molecular flexibility index (Phi) is 6.35. The van der Waals surface area contributed by atoms with E-state index in [0.717, 1.165) is 30.4 Å². The van der Waals surface area contributed by atoms with E-state index in [4.69, 9.17) is 4.74 Å². The minimum absolute atomic E-state index is 0.0298. The SMILES string of the molecule is Cc1ccc(OCC(=O)Nc2cccc(S(=O)(=O)N3CCCCC3)c2)c2c1C(C)CC2=O. The van der Waals surface area contributed by atoms with Crippen molar-refractivity contribution in [1.82, 2.24) is 4.31 Å². The number of hydrogen-bond acceptors (Lipinski definition) is 5. The number of hydrogen-bond donors (Lipinski definition) is 1. The Morgan fingerprint density at radius 3 is 2.66 bits per heavy atom. The molecule has 0 spiro atoms. The highest BCUT2D eigenvalue weighted by molar-refractivity contribution is 7.89. The molecule has 1 aliphatic carbocycles. The second kappa shape index (κ2) is 9.03. The van der Waals surface area contributed by atoms with E-state index in [0.29, 0.717) is 36.5 Å². The molecule has 2 aromatic carbocycles. The van der Waals surface area contributed by atoms with E-state index in [-0.39, 0.29) is 23.2 Å². The molecule has 1 atom stereocenters. The molecule has 2 aromatic rings. The molecule has 0 bridgehead atoms. The van der Waals surface area contributed by atoms with Crippen molar-refractivity contribution in [3.63, 3.8) is 0 Å². The first-order valence-corrected chi connectivity index (χ1v) is 12.4. The number of nitrogens with one attached hydrogen (secondary N) is 1. The number of piperidine rings is 1. The Balaban J connectivity index is 1.44. The lowest BCUT2D eigenvalue weighted by Crippen LogP contribution is -2.35. The van der Waals surface area contributed by atoms with E-state index in [9.17, 15) is 18.0 Å². The van der Waals surface area contributed by atoms with Gasteiger partial charge in [0.1, 0.15) is 5.75 Å². The van der Waals surface area contributed by atoms with E-state index < -0.39 is 15.9 Å². The molecule has 1 amide bonds. The van der Waals surface area contributed by atoms with Gasteiger partial charge in [-0.2, -0.15) is 4.31 Å². The van der Waals surface area contributed by atoms with E-state index in [1.54, 1.807) is 24.3 Å². The van der Waals surface area contributed by atoms with Crippen LogP contribution in [0.2, 0.25) is 0 Å². The van der Waals surface area contributed by atoms with Crippen LogP contribution in [-0.2, 0) is 14.8 Å². The van der Waals surface area contributed by atoms with Crippen LogP contribution in [0.25, 0.3) is 0 Å². The number of sulfonamides is 1. The van der Waals surface area contributed by atoms with Crippen LogP contribution in [0.3, 0.4) is 0 Å². The summed E-state index contributed by atoms with van der Waals surface area (Å²) >= 11 is 0. The van der Waals surface area contributed by atoms with Gasteiger partial charge in [-0.25, -0.2) is 8.42 Å². The van der Waals surface area contributed by atoms with Gasteiger partial charge in [-0.1, -0.05) is 25.5 Å². The van der Waals surface area contributed by atoms with Gasteiger partial charge in [-0.3, -0.25) is 9.59 Å². The number of benzene rings is 2. The summed E-state index contributed by atoms with van der Waals surface area (Å²) < 4.78 is 33.0. The van der Waals surface area contributed by atoms with E-state index in [1.807, 2.05) is 19.9 Å². The van der Waals surface area contributed by atoms with E-state index in [2.05, 4.69) is 5.32 Å². The summed E-state index contributed by atoms with van der Waals surface area (Å²) in [5.41, 5.74) is 2.99. The lowest BCUT2D eigenvalue weighted by molar-refractivity contribution is -0.118. The Labute approximate surface area is 188 Å². The number of Topliss-reactive ketones (excluding diaryl/α,β-unsaturated/α-hetero) is 1. The Morgan fingerprint density at radius 1 is 1.16 bits per heavy atom. The maximum atomic E-state index is 12.9. The van der Waals surface area contributed by atoms with Crippen LogP contribution in [0.15, 0.2) is 41.3 Å². The Hall–Kier alpha value is -2.71. The third kappa shape index (κ3) is 4.42. The van der Waals surface area contributed by atoms with Crippen molar-refractivity contribution in [2.24, 2.45) is 0 Å². The number of anilines is 1. The maximum Gasteiger partial charge on any atom is 0.262 e. The maximum absolute atomic E-state index is 12.9. The smallest absolute Gasteiger partial charge is 0.262 e. The number of nitrogens with zero attached hydrogens (tertiary/aromatic N) is 1. The summed E-state index contributed by atoms with van der Waals surface area (Å²) in [5.74, 6) is 0.156. The van der Waals surface area contributed by atoms with Crippen LogP contribution in [0.5, 0.6) is 5.75 Å². The van der Waals surface area contributed by atoms with Crippen LogP contribution in [0.4, 0.5) is 5.69 Å². The summed E-state index contributed by atoms with van der Waals surface area (Å²) in [7, 11) is -3.58. The average Bonchev–Trinajstić information content (AvgIpc) is 3.09. The van der Waals surface area contributed by atoms with Crippen molar-refractivity contribution >= 4 is 27.4 Å². The average molecular weight is 457 g/mol. The van der Waals surface area contributed by atoms with Crippen molar-refractivity contribution in [2.75, 3.05) is 25.0 Å². The third-order valence-electron chi connectivity index (χ3n) is 6.12. The minimum atomic E-state index is -3.58. The number of ether oxygens (including phenoxy) is 1. The predicted molar refractivity (Wildman–Crippen MR) is 122 cm³/mol. The number of fused-ring (bicyclic) bond motifs is 1. The number of carbonyl (C=O) groups is 2. The van der Waals surface area contributed by atoms with Crippen molar-refractivity contribution in [2.45, 2.75) is 50.3 Å². The van der Waals surface area contributed by atoms with Gasteiger partial charge in [-0.15, -0.1) is 0 Å². The van der Waals surface area contributed by atoms with Gasteiger partial charge in [0, 0.05) is 25.2 Å². The molecule has 1 saturated heterocycles. The van der Waals surface area contributed by atoms with Crippen LogP contribution in [-0.4, -0.2) is 44.1 Å². The highest BCUT2D eigenvalue weighted by atomic mass is 32.2. The Morgan fingerprint density at radius 2 is 1.91 bits per heavy atom. The molecule has 2 aliphatic rings. The van der Waals surface area contributed by atoms with Crippen molar-refractivity contribution in [1.29, 1.82) is 0 Å². The van der Waals surface area contributed by atoms with Gasteiger partial charge in [-0.05, 0) is 61.1 Å². The van der Waals surface area contributed by atoms with Crippen molar-refractivity contribution in [3.8, 4) is 5.75 Å². The minimum Gasteiger partial charge on any atom is -0.483 e. The van der Waals surface area contributed by atoms with Crippen molar-refractivity contribution in [3.05, 3.63) is 53.1 Å². The molecule has 4 rings (SSSR count). The number of rotatable bonds is 6. The molecule has 1 aliphatic heterocycles. The zero-order valence-electron chi connectivity index (χ0n) is 18.4. The topological polar surface area (TPSA) is 92.8 Å². The van der Waals surface area contributed by atoms with Gasteiger partial charge in [0.25, 0.3) is 5.91 Å². The van der Waals surface area contributed by atoms with Crippen LogP contribution >= 0.6 is 0 Å². The summed E-state index contributed by atoms with van der Waals surface area (Å²) in [6, 6.07) is 9.89. The summed E-state index contributed by atoms with van der Waals surface area (Å²) in [5, 5.41) is 2.69. The van der Waals surface area contributed by atoms with Gasteiger partial charge in [0.05, 0.1) is 10.5 Å². The van der Waals surface area contributed by atoms with E-state index >= 15 is 0 Å². The normalized spacial score (nSPS) is 18.9. The third-order valence-corrected chi connectivity index (χ3v) is 8.01. The zero-order chi connectivity index (χ0) is 22.9. The van der Waals surface area contributed by atoms with Crippen LogP contribution in [0, 0.1) is 6.92 Å². The van der Waals surface area contributed by atoms with Gasteiger partial charge in [0.15, 0.2) is 12.4 Å². The second-order valence-corrected chi connectivity index (χ2v) is 10.5. The summed E-state index contributed by atoms with van der Waals surface area (Å²) in [6.45, 7) is 4.74. The molecular formula is C24H28N2O5S. The fraction of sp³-hybridized carbons (Fsp3) is 0.417. The molecule has 1 fully saturated rings. The monoisotopic (exact) mass is 456 g/mol. The molecule has 0 radical (unpaired) electrons. The lowest BCUT2D eigenvalue weighted by Gasteiger charge is -2.26. The van der Waals surface area contributed by atoms with Crippen LogP contribution < -0.4 is 10.1 Å². The molecule has 1 unspecified atom stereocenters. The molecule has 170 valence electrons. The molecular weight excluding hydrogens is 428 g/mol. The standard InChI is InChI=1S/C24H28N2O5S/c1-16-9-10-21(24-20(27)13-17(2)23(16)24)31-15-22(28)25-18-7-6-8-19(14-18)32(29,30)26-11-4-3-5-12-26/h6-10,14,17H,3-5,11-13,15H2,1-2H3,(H,25,28). The summed E-state index contributed by atoms with van der Waals surface area (Å²) in [6.07, 6.45) is 3.20. The van der Waals surface area contributed by atoms with Gasteiger partial charge >= 0.3 is 0 Å². The number of amides is 1. The highest BCUT2D eigenvalue weighted by Gasteiger charge is 2.31. The lowest BCUT2D eigenvalue weighted by atomic mass is 9.97. The Bertz CT molecular complexity index is 1150. The van der Waals surface area contributed by atoms with E-state index in [1.165, 1.54) is 10.4 Å². The fourth-order valence-electron chi connectivity index (χ4n) is 4.56. The molecule has 1 N–H and O–H groups in total. The quantitative estimate of drug-likeness (QED) is 0.712. The first-order valence-electron chi connectivity index (χ1n) is 11.0. The van der Waals surface area contributed by atoms with Crippen molar-refractivity contribution < 1.29 is 22.7 Å². The second-order valence-electron chi connectivity index (χ2n) is 8.53. The van der Waals surface area contributed by atoms with Gasteiger partial charge in [0.2, 0.25) is 10.0 Å². The largest absolute Gasteiger partial charge is 0.483 e. The number of aryl methyl sites for hydroxylation is 1. The first kappa shape index (κ1) is 22.5. The highest BCUT2D eigenvalue weighted by Crippen LogP contribution is 2.40. The number of ketones is 1. The molecule has 32 heavy (non-hydrogen) atoms. The number of carbonyl (C=O) groups excluding carboxylic acids is 2. The molecule has 1 heterocycles. The molecule has 7 nitrogen and oxygen atoms in total. The fourth-order valence-corrected chi connectivity index (χ4v) is 6.12. The first-order chi connectivity index (χ1) is 15.3.